The fraction of sp³-hybridized carbons (Fsp3) is 0.222. The molecule has 2 aromatic carbocycles. The first-order chi connectivity index (χ1) is 13.5. The topological polar surface area (TPSA) is 110 Å². The van der Waals surface area contributed by atoms with E-state index in [0.29, 0.717) is 44.6 Å². The number of hydrogen-bond acceptors (Lipinski definition) is 8. The lowest BCUT2D eigenvalue weighted by atomic mass is 10.2. The van der Waals surface area contributed by atoms with Crippen LogP contribution < -0.4 is 35.8 Å². The molecule has 0 unspecified atom stereocenters. The van der Waals surface area contributed by atoms with Crippen LogP contribution in [0.15, 0.2) is 29.1 Å². The van der Waals surface area contributed by atoms with Crippen molar-refractivity contribution in [3.8, 4) is 28.7 Å². The molecule has 0 aliphatic heterocycles. The lowest BCUT2D eigenvalue weighted by Crippen LogP contribution is -2.26. The van der Waals surface area contributed by atoms with Crippen molar-refractivity contribution in [2.75, 3.05) is 33.9 Å². The number of methoxy groups -OCH3 is 4. The Hall–Kier alpha value is -3.17. The summed E-state index contributed by atoms with van der Waals surface area (Å²) < 4.78 is 22.5. The van der Waals surface area contributed by atoms with Crippen LogP contribution in [-0.4, -0.2) is 38.0 Å². The summed E-state index contributed by atoms with van der Waals surface area (Å²) >= 11 is 6.17. The van der Waals surface area contributed by atoms with E-state index in [1.165, 1.54) is 33.0 Å². The second kappa shape index (κ2) is 7.83. The monoisotopic (exact) mass is 406 g/mol. The molecule has 0 radical (unpaired) electrons. The minimum Gasteiger partial charge on any atom is -0.495 e. The lowest BCUT2D eigenvalue weighted by Gasteiger charge is -2.17. The van der Waals surface area contributed by atoms with Crippen molar-refractivity contribution in [1.82, 2.24) is 9.55 Å². The quantitative estimate of drug-likeness (QED) is 0.474. The Labute approximate surface area is 165 Å². The number of fused-ring (bicyclic) bond motifs is 1. The molecule has 1 aromatic heterocycles. The number of ether oxygens (including phenoxy) is 4. The number of nitrogen functional groups attached to an aromatic ring is 1. The van der Waals surface area contributed by atoms with E-state index < -0.39 is 5.56 Å². The maximum absolute atomic E-state index is 13.3. The molecule has 3 N–H and O–H groups in total. The van der Waals surface area contributed by atoms with Crippen molar-refractivity contribution < 1.29 is 18.9 Å². The predicted molar refractivity (Wildman–Crippen MR) is 106 cm³/mol. The Morgan fingerprint density at radius 3 is 2.11 bits per heavy atom. The number of rotatable bonds is 6. The highest BCUT2D eigenvalue weighted by atomic mass is 35.5. The molecule has 0 aliphatic rings. The maximum atomic E-state index is 13.3. The molecule has 0 amide bonds. The van der Waals surface area contributed by atoms with Crippen LogP contribution in [0.5, 0.6) is 23.0 Å². The van der Waals surface area contributed by atoms with Gasteiger partial charge in [-0.05, 0) is 6.07 Å². The molecule has 0 atom stereocenters. The van der Waals surface area contributed by atoms with Crippen LogP contribution in [0.2, 0.25) is 5.02 Å². The third-order valence-electron chi connectivity index (χ3n) is 4.20. The van der Waals surface area contributed by atoms with Crippen molar-refractivity contribution in [1.29, 1.82) is 0 Å². The molecule has 0 fully saturated rings. The molecule has 3 rings (SSSR count). The normalized spacial score (nSPS) is 10.6. The van der Waals surface area contributed by atoms with Gasteiger partial charge in [0.1, 0.15) is 11.5 Å². The third kappa shape index (κ3) is 3.14. The number of nitrogens with zero attached hydrogens (tertiary/aromatic N) is 2. The molecular formula is C18H19ClN4O5. The standard InChI is InChI=1S/C18H19ClN4O5/c1-25-13-8-12(14(26-2)6-10(13)19)23-17(24)9-5-15(27-3)16(28-4)7-11(9)21-18(23)22-20/h5-8H,20H2,1-4H3,(H,21,22). The first kappa shape index (κ1) is 19.6. The summed E-state index contributed by atoms with van der Waals surface area (Å²) in [5.74, 6) is 7.27. The van der Waals surface area contributed by atoms with E-state index in [-0.39, 0.29) is 5.95 Å². The van der Waals surface area contributed by atoms with Crippen LogP contribution in [-0.2, 0) is 0 Å². The molecular weight excluding hydrogens is 388 g/mol. The average Bonchev–Trinajstić information content (AvgIpc) is 2.72. The predicted octanol–water partition coefficient (Wildman–Crippen LogP) is 2.36. The Balaban J connectivity index is 2.41. The molecule has 0 aliphatic carbocycles. The molecule has 9 nitrogen and oxygen atoms in total. The molecule has 0 bridgehead atoms. The van der Waals surface area contributed by atoms with E-state index in [4.69, 9.17) is 36.4 Å². The van der Waals surface area contributed by atoms with E-state index in [2.05, 4.69) is 10.4 Å². The van der Waals surface area contributed by atoms with Crippen LogP contribution in [0.3, 0.4) is 0 Å². The van der Waals surface area contributed by atoms with E-state index in [1.807, 2.05) is 0 Å². The fourth-order valence-electron chi connectivity index (χ4n) is 2.85. The number of nitrogens with one attached hydrogen (secondary N) is 1. The molecule has 0 saturated carbocycles. The van der Waals surface area contributed by atoms with Gasteiger partial charge in [0, 0.05) is 18.2 Å². The Morgan fingerprint density at radius 1 is 0.929 bits per heavy atom. The van der Waals surface area contributed by atoms with E-state index in [9.17, 15) is 4.79 Å². The molecule has 0 saturated heterocycles. The second-order valence-electron chi connectivity index (χ2n) is 5.60. The number of hydrogen-bond donors (Lipinski definition) is 2. The minimum atomic E-state index is -0.401. The first-order valence-corrected chi connectivity index (χ1v) is 8.44. The Kier molecular flexibility index (Phi) is 5.48. The second-order valence-corrected chi connectivity index (χ2v) is 6.01. The third-order valence-corrected chi connectivity index (χ3v) is 4.49. The van der Waals surface area contributed by atoms with Gasteiger partial charge in [0.05, 0.1) is 50.1 Å². The Bertz CT molecular complexity index is 1100. The zero-order valence-corrected chi connectivity index (χ0v) is 16.5. The molecule has 10 heteroatoms. The van der Waals surface area contributed by atoms with Gasteiger partial charge in [-0.3, -0.25) is 10.2 Å². The summed E-state index contributed by atoms with van der Waals surface area (Å²) in [5.41, 5.74) is 2.78. The van der Waals surface area contributed by atoms with E-state index in [1.54, 1.807) is 24.3 Å². The molecule has 148 valence electrons. The van der Waals surface area contributed by atoms with Crippen LogP contribution in [0, 0.1) is 0 Å². The van der Waals surface area contributed by atoms with Gasteiger partial charge in [0.25, 0.3) is 5.56 Å². The van der Waals surface area contributed by atoms with Gasteiger partial charge in [-0.2, -0.15) is 0 Å². The van der Waals surface area contributed by atoms with Crippen molar-refractivity contribution in [3.05, 3.63) is 39.6 Å². The number of nitrogens with two attached hydrogens (primary N) is 1. The van der Waals surface area contributed by atoms with Crippen LogP contribution in [0.25, 0.3) is 16.6 Å². The number of anilines is 1. The zero-order chi connectivity index (χ0) is 20.4. The SMILES string of the molecule is COc1cc(-n2c(NN)nc3cc(OC)c(OC)cc3c2=O)c(OC)cc1Cl. The lowest BCUT2D eigenvalue weighted by molar-refractivity contribution is 0.355. The number of hydrazine groups is 1. The van der Waals surface area contributed by atoms with Crippen LogP contribution in [0.4, 0.5) is 5.95 Å². The van der Waals surface area contributed by atoms with Gasteiger partial charge >= 0.3 is 0 Å². The van der Waals surface area contributed by atoms with Gasteiger partial charge in [0.2, 0.25) is 5.95 Å². The number of halogens is 1. The summed E-state index contributed by atoms with van der Waals surface area (Å²) in [6.07, 6.45) is 0. The van der Waals surface area contributed by atoms with Gasteiger partial charge in [0.15, 0.2) is 11.5 Å². The van der Waals surface area contributed by atoms with Gasteiger partial charge in [-0.25, -0.2) is 15.4 Å². The van der Waals surface area contributed by atoms with Crippen molar-refractivity contribution >= 4 is 28.5 Å². The van der Waals surface area contributed by atoms with Crippen LogP contribution >= 0.6 is 11.6 Å². The van der Waals surface area contributed by atoms with Crippen molar-refractivity contribution in [2.24, 2.45) is 5.84 Å². The minimum absolute atomic E-state index is 0.0902. The number of benzene rings is 2. The maximum Gasteiger partial charge on any atom is 0.267 e. The van der Waals surface area contributed by atoms with E-state index in [0.717, 1.165) is 0 Å². The summed E-state index contributed by atoms with van der Waals surface area (Å²) in [6.45, 7) is 0. The van der Waals surface area contributed by atoms with Crippen molar-refractivity contribution in [2.45, 2.75) is 0 Å². The number of aromatic nitrogens is 2. The smallest absolute Gasteiger partial charge is 0.267 e. The van der Waals surface area contributed by atoms with Crippen LogP contribution in [0.1, 0.15) is 0 Å². The summed E-state index contributed by atoms with van der Waals surface area (Å²) in [4.78, 5) is 17.8. The van der Waals surface area contributed by atoms with Gasteiger partial charge in [-0.15, -0.1) is 0 Å². The summed E-state index contributed by atoms with van der Waals surface area (Å²) in [6, 6.07) is 6.26. The summed E-state index contributed by atoms with van der Waals surface area (Å²) in [5, 5.41) is 0.631. The largest absolute Gasteiger partial charge is 0.495 e. The van der Waals surface area contributed by atoms with Gasteiger partial charge in [-0.1, -0.05) is 11.6 Å². The van der Waals surface area contributed by atoms with Crippen molar-refractivity contribution in [3.63, 3.8) is 0 Å². The average molecular weight is 407 g/mol. The summed E-state index contributed by atoms with van der Waals surface area (Å²) in [7, 11) is 5.92. The highest BCUT2D eigenvalue weighted by molar-refractivity contribution is 6.32. The molecule has 28 heavy (non-hydrogen) atoms. The zero-order valence-electron chi connectivity index (χ0n) is 15.7. The Morgan fingerprint density at radius 2 is 1.54 bits per heavy atom. The van der Waals surface area contributed by atoms with Gasteiger partial charge < -0.3 is 18.9 Å². The molecule has 1 heterocycles. The highest BCUT2D eigenvalue weighted by Gasteiger charge is 2.20. The van der Waals surface area contributed by atoms with E-state index >= 15 is 0 Å². The fourth-order valence-corrected chi connectivity index (χ4v) is 3.08. The molecule has 3 aromatic rings. The highest BCUT2D eigenvalue weighted by Crippen LogP contribution is 2.36. The molecule has 0 spiro atoms. The first-order valence-electron chi connectivity index (χ1n) is 8.06.